The van der Waals surface area contributed by atoms with E-state index in [1.54, 1.807) is 13.8 Å². The number of rotatable bonds is 44. The SMILES string of the molecule is CC.C[C@H](CCCCNC(=O)[C@H](CCCCNC(=O)CCCC(=O)NCCOCCOCC(=O)NCCOCCOCC(=O)NCCCC[C@H](C)C(N)=O)NC(=O)CCCC[C@@H]1SC[C@@H]2NC(=O)N[C@@H]21)C(N)=O. The summed E-state index contributed by atoms with van der Waals surface area (Å²) in [4.78, 5) is 108. The number of primary amides is 2. The molecule has 0 aromatic heterocycles. The molecule has 2 aliphatic heterocycles. The fraction of sp³-hybridized carbons (Fsp3) is 0.816. The number of unbranched alkanes of at least 4 members (excludes halogenated alkanes) is 4. The maximum Gasteiger partial charge on any atom is 0.315 e. The highest BCUT2D eigenvalue weighted by Crippen LogP contribution is 2.33. The first-order valence-electron chi connectivity index (χ1n) is 26.4. The molecule has 2 rings (SSSR count). The highest BCUT2D eigenvalue weighted by atomic mass is 32.2. The van der Waals surface area contributed by atoms with Crippen molar-refractivity contribution in [3.8, 4) is 0 Å². The third-order valence-electron chi connectivity index (χ3n) is 11.8. The molecule has 24 heteroatoms. The van der Waals surface area contributed by atoms with E-state index in [1.807, 2.05) is 25.6 Å². The number of hydrogen-bond donors (Lipinski definition) is 10. The second kappa shape index (κ2) is 42.6. The van der Waals surface area contributed by atoms with Crippen LogP contribution >= 0.6 is 11.8 Å². The summed E-state index contributed by atoms with van der Waals surface area (Å²) in [6.07, 6.45) is 9.15. The molecule has 0 radical (unpaired) electrons. The predicted molar refractivity (Wildman–Crippen MR) is 278 cm³/mol. The number of ether oxygens (including phenoxy) is 4. The first-order valence-corrected chi connectivity index (χ1v) is 27.4. The molecule has 0 spiro atoms. The zero-order chi connectivity index (χ0) is 54.1. The van der Waals surface area contributed by atoms with Gasteiger partial charge in [-0.1, -0.05) is 47.0 Å². The van der Waals surface area contributed by atoms with Crippen LogP contribution in [-0.2, 0) is 57.3 Å². The van der Waals surface area contributed by atoms with Crippen LogP contribution in [0.25, 0.3) is 0 Å². The van der Waals surface area contributed by atoms with Crippen LogP contribution in [0.4, 0.5) is 4.79 Å². The van der Waals surface area contributed by atoms with E-state index in [0.717, 1.165) is 37.9 Å². The van der Waals surface area contributed by atoms with Gasteiger partial charge in [-0.25, -0.2) is 4.79 Å². The molecule has 2 saturated heterocycles. The average molecular weight is 1060 g/mol. The van der Waals surface area contributed by atoms with E-state index in [9.17, 15) is 43.2 Å². The largest absolute Gasteiger partial charge is 0.377 e. The van der Waals surface area contributed by atoms with E-state index >= 15 is 0 Å². The van der Waals surface area contributed by atoms with Crippen LogP contribution in [0.2, 0.25) is 0 Å². The van der Waals surface area contributed by atoms with Gasteiger partial charge in [-0.3, -0.25) is 38.4 Å². The minimum absolute atomic E-state index is 0.0863. The van der Waals surface area contributed by atoms with E-state index in [1.165, 1.54) is 0 Å². The van der Waals surface area contributed by atoms with Gasteiger partial charge in [-0.05, 0) is 64.2 Å². The van der Waals surface area contributed by atoms with Crippen molar-refractivity contribution < 1.29 is 62.1 Å². The average Bonchev–Trinajstić information content (AvgIpc) is 3.92. The molecule has 0 saturated carbocycles. The molecule has 0 aromatic carbocycles. The lowest BCUT2D eigenvalue weighted by Gasteiger charge is -2.19. The van der Waals surface area contributed by atoms with Crippen LogP contribution in [0.5, 0.6) is 0 Å². The summed E-state index contributed by atoms with van der Waals surface area (Å²) in [5.74, 6) is -1.64. The topological polar surface area (TPSA) is 339 Å². The molecular formula is C49H90N10O13S. The molecular weight excluding hydrogens is 969 g/mol. The van der Waals surface area contributed by atoms with Crippen molar-refractivity contribution in [3.05, 3.63) is 0 Å². The summed E-state index contributed by atoms with van der Waals surface area (Å²) in [7, 11) is 0. The fourth-order valence-electron chi connectivity index (χ4n) is 7.49. The van der Waals surface area contributed by atoms with Crippen LogP contribution < -0.4 is 54.0 Å². The number of thioether (sulfide) groups is 1. The molecule has 0 aliphatic carbocycles. The smallest absolute Gasteiger partial charge is 0.315 e. The molecule has 420 valence electrons. The van der Waals surface area contributed by atoms with Gasteiger partial charge in [0.2, 0.25) is 47.3 Å². The van der Waals surface area contributed by atoms with Gasteiger partial charge in [0.15, 0.2) is 0 Å². The Kier molecular flexibility index (Phi) is 38.6. The third kappa shape index (κ3) is 34.4. The van der Waals surface area contributed by atoms with Crippen LogP contribution in [0.15, 0.2) is 0 Å². The van der Waals surface area contributed by atoms with E-state index < -0.39 is 6.04 Å². The summed E-state index contributed by atoms with van der Waals surface area (Å²) in [5.41, 5.74) is 10.6. The fourth-order valence-corrected chi connectivity index (χ4v) is 9.04. The van der Waals surface area contributed by atoms with Crippen molar-refractivity contribution in [1.29, 1.82) is 0 Å². The van der Waals surface area contributed by atoms with Crippen molar-refractivity contribution in [2.24, 2.45) is 23.3 Å². The number of amides is 10. The number of carbonyl (C=O) groups excluding carboxylic acids is 9. The summed E-state index contributed by atoms with van der Waals surface area (Å²) < 4.78 is 21.4. The van der Waals surface area contributed by atoms with Crippen molar-refractivity contribution in [1.82, 2.24) is 42.5 Å². The van der Waals surface area contributed by atoms with Crippen molar-refractivity contribution >= 4 is 65.1 Å². The van der Waals surface area contributed by atoms with Gasteiger partial charge in [0, 0.05) is 74.8 Å². The normalized spacial score (nSPS) is 16.8. The van der Waals surface area contributed by atoms with Gasteiger partial charge < -0.3 is 72.9 Å². The molecule has 6 atom stereocenters. The number of hydrogen-bond acceptors (Lipinski definition) is 14. The Morgan fingerprint density at radius 1 is 0.548 bits per heavy atom. The predicted octanol–water partition coefficient (Wildman–Crippen LogP) is 0.795. The van der Waals surface area contributed by atoms with E-state index in [4.69, 9.17) is 30.4 Å². The Morgan fingerprint density at radius 3 is 1.56 bits per heavy atom. The molecule has 2 aliphatic rings. The van der Waals surface area contributed by atoms with Gasteiger partial charge >= 0.3 is 6.03 Å². The minimum atomic E-state index is -0.731. The molecule has 0 bridgehead atoms. The van der Waals surface area contributed by atoms with Gasteiger partial charge in [-0.15, -0.1) is 0 Å². The number of carbonyl (C=O) groups is 9. The second-order valence-corrected chi connectivity index (χ2v) is 19.2. The molecule has 10 amide bonds. The molecule has 2 heterocycles. The highest BCUT2D eigenvalue weighted by molar-refractivity contribution is 8.00. The zero-order valence-electron chi connectivity index (χ0n) is 44.0. The van der Waals surface area contributed by atoms with Gasteiger partial charge in [0.25, 0.3) is 0 Å². The van der Waals surface area contributed by atoms with E-state index in [0.29, 0.717) is 76.3 Å². The summed E-state index contributed by atoms with van der Waals surface area (Å²) in [5, 5.41) is 23.0. The van der Waals surface area contributed by atoms with Crippen LogP contribution in [0, 0.1) is 11.8 Å². The second-order valence-electron chi connectivity index (χ2n) is 18.0. The molecule has 12 N–H and O–H groups in total. The highest BCUT2D eigenvalue weighted by Gasteiger charge is 2.42. The van der Waals surface area contributed by atoms with E-state index in [-0.39, 0.29) is 162 Å². The van der Waals surface area contributed by atoms with Crippen molar-refractivity contribution in [2.45, 2.75) is 154 Å². The standard InChI is InChI=1S/C47H84N10O13S.C2H6/c1-33(44(48)63)12-5-8-20-51-41(61)30-69-28-27-68-25-23-53-42(62)31-70-29-26-67-24-22-52-39(59)18-11-17-38(58)50-19-10-7-14-35(46(65)54-21-9-6-13-34(2)45(49)64)55-40(60)16-4-3-15-37-43-36(32-71-37)56-47(66)57-43;1-2/h33-37,43H,3-32H2,1-2H3,(H2,48,63)(H2,49,64)(H,50,58)(H,51,61)(H,52,59)(H,53,62)(H,54,65)(H,55,60)(H2,56,57,66);1-2H3/t33-,34+,35-,36-,37-,43-;/m0./s1. The van der Waals surface area contributed by atoms with Crippen LogP contribution in [0.3, 0.4) is 0 Å². The maximum absolute atomic E-state index is 13.1. The van der Waals surface area contributed by atoms with Crippen LogP contribution in [0.1, 0.15) is 130 Å². The monoisotopic (exact) mass is 1060 g/mol. The summed E-state index contributed by atoms with van der Waals surface area (Å²) in [6, 6.07) is -0.592. The Hall–Kier alpha value is -4.78. The first-order chi connectivity index (χ1) is 35.2. The van der Waals surface area contributed by atoms with Gasteiger partial charge in [0.05, 0.1) is 51.7 Å². The zero-order valence-corrected chi connectivity index (χ0v) is 44.9. The Morgan fingerprint density at radius 2 is 1.01 bits per heavy atom. The van der Waals surface area contributed by atoms with E-state index in [2.05, 4.69) is 42.5 Å². The summed E-state index contributed by atoms with van der Waals surface area (Å²) >= 11 is 1.83. The van der Waals surface area contributed by atoms with Crippen molar-refractivity contribution in [3.63, 3.8) is 0 Å². The van der Waals surface area contributed by atoms with Crippen molar-refractivity contribution in [2.75, 3.05) is 91.3 Å². The Balaban J connectivity index is 0.0000131. The lowest BCUT2D eigenvalue weighted by Crippen LogP contribution is -2.47. The lowest BCUT2D eigenvalue weighted by atomic mass is 10.0. The molecule has 0 unspecified atom stereocenters. The molecule has 23 nitrogen and oxygen atoms in total. The first kappa shape index (κ1) is 66.2. The van der Waals surface area contributed by atoms with Gasteiger partial charge in [-0.2, -0.15) is 11.8 Å². The summed E-state index contributed by atoms with van der Waals surface area (Å²) in [6.45, 7) is 10.6. The number of nitrogens with one attached hydrogen (secondary N) is 8. The number of nitrogens with two attached hydrogens (primary N) is 2. The van der Waals surface area contributed by atoms with Crippen LogP contribution in [-0.4, -0.2) is 168 Å². The minimum Gasteiger partial charge on any atom is -0.377 e. The van der Waals surface area contributed by atoms with Gasteiger partial charge in [0.1, 0.15) is 19.3 Å². The quantitative estimate of drug-likeness (QED) is 0.0298. The lowest BCUT2D eigenvalue weighted by molar-refractivity contribution is -0.129. The molecule has 0 aromatic rings. The Labute approximate surface area is 436 Å². The maximum atomic E-state index is 13.1. The molecule has 2 fully saturated rings. The number of fused-ring (bicyclic) bond motifs is 1. The Bertz CT molecular complexity index is 1630. The third-order valence-corrected chi connectivity index (χ3v) is 13.4. The number of urea groups is 1. The molecule has 73 heavy (non-hydrogen) atoms.